The molecule has 0 aliphatic rings. The van der Waals surface area contributed by atoms with Gasteiger partial charge >= 0.3 is 0 Å². The topological polar surface area (TPSA) is 4.93 Å². The van der Waals surface area contributed by atoms with Crippen LogP contribution in [0.25, 0.3) is 27.5 Å². The molecule has 6 aromatic carbocycles. The zero-order valence-corrected chi connectivity index (χ0v) is 23.9. The molecule has 3 heteroatoms. The van der Waals surface area contributed by atoms with E-state index in [0.29, 0.717) is 0 Å². The quantitative estimate of drug-likeness (QED) is 0.154. The van der Waals surface area contributed by atoms with Crippen LogP contribution in [0.5, 0.6) is 0 Å². The van der Waals surface area contributed by atoms with Gasteiger partial charge in [0.05, 0.1) is 11.0 Å². The first-order valence-electron chi connectivity index (χ1n) is 13.2. The molecule has 0 spiro atoms. The van der Waals surface area contributed by atoms with E-state index < -0.39 is 8.07 Å². The summed E-state index contributed by atoms with van der Waals surface area (Å²) in [6.45, 7) is 0. The van der Waals surface area contributed by atoms with Crippen molar-refractivity contribution in [1.29, 1.82) is 0 Å². The van der Waals surface area contributed by atoms with Crippen LogP contribution in [-0.2, 0) is 0 Å². The first kappa shape index (κ1) is 23.9. The fraction of sp³-hybridized carbons (Fsp3) is 0. The minimum Gasteiger partial charge on any atom is -0.309 e. The van der Waals surface area contributed by atoms with Crippen LogP contribution in [0.4, 0.5) is 0 Å². The molecule has 1 heterocycles. The van der Waals surface area contributed by atoms with Crippen LogP contribution < -0.4 is 20.7 Å². The lowest BCUT2D eigenvalue weighted by atomic mass is 10.1. The highest BCUT2D eigenvalue weighted by Crippen LogP contribution is 2.32. The van der Waals surface area contributed by atoms with Gasteiger partial charge in [0.2, 0.25) is 0 Å². The van der Waals surface area contributed by atoms with Gasteiger partial charge in [0.1, 0.15) is 0 Å². The Balaban J connectivity index is 1.61. The van der Waals surface area contributed by atoms with Crippen LogP contribution in [-0.4, -0.2) is 12.6 Å². The summed E-state index contributed by atoms with van der Waals surface area (Å²) in [6, 6.07) is 57.8. The molecular weight excluding hydrogens is 554 g/mol. The highest BCUT2D eigenvalue weighted by atomic mass is 79.9. The Morgan fingerprint density at radius 3 is 1.62 bits per heavy atom. The van der Waals surface area contributed by atoms with E-state index in [9.17, 15) is 0 Å². The van der Waals surface area contributed by atoms with Crippen molar-refractivity contribution in [3.8, 4) is 5.69 Å². The van der Waals surface area contributed by atoms with Gasteiger partial charge in [0, 0.05) is 20.9 Å². The summed E-state index contributed by atoms with van der Waals surface area (Å²) >= 11 is 3.79. The van der Waals surface area contributed by atoms with Crippen LogP contribution in [0.3, 0.4) is 0 Å². The molecule has 7 rings (SSSR count). The van der Waals surface area contributed by atoms with E-state index >= 15 is 0 Å². The molecule has 1 nitrogen and oxygen atoms in total. The molecule has 186 valence electrons. The highest BCUT2D eigenvalue weighted by Gasteiger charge is 2.41. The zero-order valence-electron chi connectivity index (χ0n) is 21.3. The summed E-state index contributed by atoms with van der Waals surface area (Å²) in [5, 5.41) is 8.05. The van der Waals surface area contributed by atoms with Crippen molar-refractivity contribution in [1.82, 2.24) is 4.57 Å². The van der Waals surface area contributed by atoms with E-state index in [0.717, 1.165) is 4.47 Å². The standard InChI is InChI=1S/C36H26BrNSi/c37-27-13-12-20-31(25-27)39(29-16-6-2-7-17-29,30-18-8-3-9-19-30)32-23-24-36-34(26-32)33-21-10-11-22-35(33)38(36)28-14-4-1-5-15-28/h1-26H. The van der Waals surface area contributed by atoms with Crippen LogP contribution in [0.2, 0.25) is 0 Å². The lowest BCUT2D eigenvalue weighted by Crippen LogP contribution is -2.74. The van der Waals surface area contributed by atoms with Gasteiger partial charge in [-0.2, -0.15) is 0 Å². The van der Waals surface area contributed by atoms with Crippen molar-refractivity contribution in [3.63, 3.8) is 0 Å². The summed E-state index contributed by atoms with van der Waals surface area (Å²) in [7, 11) is -2.65. The summed E-state index contributed by atoms with van der Waals surface area (Å²) in [5.41, 5.74) is 3.63. The average molecular weight is 581 g/mol. The van der Waals surface area contributed by atoms with Gasteiger partial charge in [-0.25, -0.2) is 0 Å². The Morgan fingerprint density at radius 1 is 0.410 bits per heavy atom. The molecule has 0 atom stereocenters. The molecule has 0 amide bonds. The van der Waals surface area contributed by atoms with Gasteiger partial charge in [-0.1, -0.05) is 137 Å². The SMILES string of the molecule is Brc1cccc([Si](c2ccccc2)(c2ccccc2)c2ccc3c(c2)c2ccccc2n3-c2ccccc2)c1. The van der Waals surface area contributed by atoms with Crippen molar-refractivity contribution in [2.24, 2.45) is 0 Å². The monoisotopic (exact) mass is 579 g/mol. The Labute approximate surface area is 238 Å². The fourth-order valence-corrected chi connectivity index (χ4v) is 11.6. The van der Waals surface area contributed by atoms with Crippen molar-refractivity contribution in [2.45, 2.75) is 0 Å². The Kier molecular flexibility index (Phi) is 6.03. The zero-order chi connectivity index (χ0) is 26.2. The summed E-state index contributed by atoms with van der Waals surface area (Å²) in [5.74, 6) is 0. The third-order valence-corrected chi connectivity index (χ3v) is 13.0. The second kappa shape index (κ2) is 9.85. The molecule has 0 saturated heterocycles. The van der Waals surface area contributed by atoms with Gasteiger partial charge in [-0.15, -0.1) is 0 Å². The molecule has 1 aromatic heterocycles. The fourth-order valence-electron chi connectivity index (χ4n) is 6.16. The largest absolute Gasteiger partial charge is 0.309 e. The van der Waals surface area contributed by atoms with Crippen molar-refractivity contribution < 1.29 is 0 Å². The number of hydrogen-bond acceptors (Lipinski definition) is 0. The summed E-state index contributed by atoms with van der Waals surface area (Å²) in [6.07, 6.45) is 0. The molecule has 0 unspecified atom stereocenters. The number of fused-ring (bicyclic) bond motifs is 3. The molecule has 0 N–H and O–H groups in total. The first-order valence-corrected chi connectivity index (χ1v) is 16.0. The Morgan fingerprint density at radius 2 is 0.949 bits per heavy atom. The maximum absolute atomic E-state index is 3.79. The second-order valence-corrected chi connectivity index (χ2v) is 14.6. The van der Waals surface area contributed by atoms with Gasteiger partial charge in [-0.05, 0) is 57.1 Å². The number of hydrogen-bond donors (Lipinski definition) is 0. The maximum Gasteiger partial charge on any atom is 0.179 e. The molecule has 39 heavy (non-hydrogen) atoms. The highest BCUT2D eigenvalue weighted by molar-refractivity contribution is 9.10. The number of halogens is 1. The van der Waals surface area contributed by atoms with Crippen LogP contribution >= 0.6 is 15.9 Å². The van der Waals surface area contributed by atoms with Crippen molar-refractivity contribution in [2.75, 3.05) is 0 Å². The number of aromatic nitrogens is 1. The smallest absolute Gasteiger partial charge is 0.179 e. The lowest BCUT2D eigenvalue weighted by molar-refractivity contribution is 1.18. The number of para-hydroxylation sites is 2. The van der Waals surface area contributed by atoms with E-state index in [-0.39, 0.29) is 0 Å². The third kappa shape index (κ3) is 3.89. The molecular formula is C36H26BrNSi. The minimum atomic E-state index is -2.65. The second-order valence-electron chi connectivity index (χ2n) is 9.91. The Hall–Kier alpha value is -4.18. The molecule has 0 bridgehead atoms. The van der Waals surface area contributed by atoms with Crippen molar-refractivity contribution >= 4 is 66.6 Å². The van der Waals surface area contributed by atoms with Gasteiger partial charge < -0.3 is 4.57 Å². The van der Waals surface area contributed by atoms with Gasteiger partial charge in [-0.3, -0.25) is 0 Å². The lowest BCUT2D eigenvalue weighted by Gasteiger charge is -2.34. The number of benzene rings is 6. The molecule has 7 aromatic rings. The normalized spacial score (nSPS) is 11.7. The number of rotatable bonds is 5. The third-order valence-electron chi connectivity index (χ3n) is 7.79. The summed E-state index contributed by atoms with van der Waals surface area (Å²) < 4.78 is 3.49. The van der Waals surface area contributed by atoms with Crippen LogP contribution in [0.15, 0.2) is 162 Å². The van der Waals surface area contributed by atoms with Crippen LogP contribution in [0.1, 0.15) is 0 Å². The molecule has 0 saturated carbocycles. The van der Waals surface area contributed by atoms with E-state index in [1.807, 2.05) is 0 Å². The van der Waals surface area contributed by atoms with E-state index in [1.165, 1.54) is 48.2 Å². The minimum absolute atomic E-state index is 1.10. The predicted octanol–water partition coefficient (Wildman–Crippen LogP) is 6.92. The number of nitrogens with zero attached hydrogens (tertiary/aromatic N) is 1. The Bertz CT molecular complexity index is 1870. The van der Waals surface area contributed by atoms with Crippen molar-refractivity contribution in [3.05, 3.63) is 162 Å². The van der Waals surface area contributed by atoms with E-state index in [4.69, 9.17) is 0 Å². The molecule has 0 radical (unpaired) electrons. The molecule has 0 aliphatic heterocycles. The molecule has 0 fully saturated rings. The first-order chi connectivity index (χ1) is 19.3. The summed E-state index contributed by atoms with van der Waals surface area (Å²) in [4.78, 5) is 0. The van der Waals surface area contributed by atoms with Gasteiger partial charge in [0.15, 0.2) is 8.07 Å². The van der Waals surface area contributed by atoms with Gasteiger partial charge in [0.25, 0.3) is 0 Å². The van der Waals surface area contributed by atoms with Crippen LogP contribution in [0, 0.1) is 0 Å². The van der Waals surface area contributed by atoms with E-state index in [2.05, 4.69) is 178 Å². The maximum atomic E-state index is 3.79. The predicted molar refractivity (Wildman–Crippen MR) is 172 cm³/mol. The van der Waals surface area contributed by atoms with E-state index in [1.54, 1.807) is 0 Å². The average Bonchev–Trinajstić information content (AvgIpc) is 3.33. The molecule has 0 aliphatic carbocycles.